The van der Waals surface area contributed by atoms with Crippen molar-refractivity contribution in [3.8, 4) is 0 Å². The van der Waals surface area contributed by atoms with Crippen molar-refractivity contribution in [1.82, 2.24) is 4.90 Å². The third kappa shape index (κ3) is 5.58. The Kier molecular flexibility index (Phi) is 6.92. The Morgan fingerprint density at radius 2 is 1.76 bits per heavy atom. The molecule has 0 radical (unpaired) electrons. The summed E-state index contributed by atoms with van der Waals surface area (Å²) >= 11 is 0. The first kappa shape index (κ1) is 17.2. The van der Waals surface area contributed by atoms with Crippen LogP contribution in [0.15, 0.2) is 30.3 Å². The zero-order valence-corrected chi connectivity index (χ0v) is 13.5. The Morgan fingerprint density at radius 3 is 2.24 bits per heavy atom. The Bertz CT molecular complexity index is 457. The molecule has 2 amide bonds. The minimum absolute atomic E-state index is 0.0392. The summed E-state index contributed by atoms with van der Waals surface area (Å²) in [5.74, 6) is 0.425. The number of carbonyl (C=O) groups is 2. The van der Waals surface area contributed by atoms with Gasteiger partial charge in [-0.15, -0.1) is 0 Å². The fourth-order valence-corrected chi connectivity index (χ4v) is 2.12. The molecule has 0 N–H and O–H groups in total. The number of likely N-dealkylation sites (N-methyl/N-ethyl adjacent to an activating group) is 1. The number of amides is 2. The highest BCUT2D eigenvalue weighted by Gasteiger charge is 2.19. The van der Waals surface area contributed by atoms with Crippen LogP contribution in [0.2, 0.25) is 0 Å². The van der Waals surface area contributed by atoms with E-state index in [1.807, 2.05) is 37.3 Å². The summed E-state index contributed by atoms with van der Waals surface area (Å²) in [6.07, 6.45) is 0.907. The van der Waals surface area contributed by atoms with Crippen molar-refractivity contribution in [1.29, 1.82) is 0 Å². The van der Waals surface area contributed by atoms with Gasteiger partial charge in [-0.05, 0) is 31.4 Å². The summed E-state index contributed by atoms with van der Waals surface area (Å²) in [5, 5.41) is 0. The van der Waals surface area contributed by atoms with Crippen molar-refractivity contribution in [2.45, 2.75) is 34.1 Å². The van der Waals surface area contributed by atoms with Crippen LogP contribution >= 0.6 is 0 Å². The van der Waals surface area contributed by atoms with Gasteiger partial charge in [0.25, 0.3) is 0 Å². The monoisotopic (exact) mass is 290 g/mol. The molecule has 0 saturated carbocycles. The molecule has 0 aliphatic heterocycles. The minimum Gasteiger partial charge on any atom is -0.334 e. The first-order valence-electron chi connectivity index (χ1n) is 7.56. The Balaban J connectivity index is 2.73. The van der Waals surface area contributed by atoms with Crippen LogP contribution in [0.4, 0.5) is 5.69 Å². The van der Waals surface area contributed by atoms with Gasteiger partial charge in [0.1, 0.15) is 6.54 Å². The second kappa shape index (κ2) is 8.45. The Labute approximate surface area is 127 Å². The first-order valence-corrected chi connectivity index (χ1v) is 7.56. The number of nitrogens with zero attached hydrogens (tertiary/aromatic N) is 2. The van der Waals surface area contributed by atoms with E-state index in [4.69, 9.17) is 0 Å². The molecule has 0 aromatic heterocycles. The second-order valence-corrected chi connectivity index (χ2v) is 5.60. The number of carbonyl (C=O) groups excluding carboxylic acids is 2. The number of rotatable bonds is 7. The van der Waals surface area contributed by atoms with Crippen molar-refractivity contribution >= 4 is 17.5 Å². The van der Waals surface area contributed by atoms with Gasteiger partial charge in [0.15, 0.2) is 0 Å². The van der Waals surface area contributed by atoms with E-state index in [-0.39, 0.29) is 18.4 Å². The number of hydrogen-bond donors (Lipinski definition) is 0. The van der Waals surface area contributed by atoms with E-state index < -0.39 is 0 Å². The molecule has 1 aromatic rings. The highest BCUT2D eigenvalue weighted by atomic mass is 16.2. The van der Waals surface area contributed by atoms with E-state index in [0.717, 1.165) is 12.1 Å². The molecule has 1 aromatic carbocycles. The summed E-state index contributed by atoms with van der Waals surface area (Å²) in [6.45, 7) is 9.06. The second-order valence-electron chi connectivity index (χ2n) is 5.60. The van der Waals surface area contributed by atoms with Gasteiger partial charge in [0.2, 0.25) is 11.8 Å². The van der Waals surface area contributed by atoms with Crippen LogP contribution in [-0.4, -0.2) is 36.3 Å². The molecule has 0 fully saturated rings. The lowest BCUT2D eigenvalue weighted by Gasteiger charge is -2.26. The lowest BCUT2D eigenvalue weighted by Crippen LogP contribution is -2.42. The maximum absolute atomic E-state index is 12.5. The van der Waals surface area contributed by atoms with Crippen LogP contribution in [-0.2, 0) is 9.59 Å². The number of hydrogen-bond acceptors (Lipinski definition) is 2. The van der Waals surface area contributed by atoms with Gasteiger partial charge in [-0.3, -0.25) is 9.59 Å². The zero-order valence-electron chi connectivity index (χ0n) is 13.5. The highest BCUT2D eigenvalue weighted by Crippen LogP contribution is 2.13. The van der Waals surface area contributed by atoms with Gasteiger partial charge < -0.3 is 9.80 Å². The van der Waals surface area contributed by atoms with Crippen molar-refractivity contribution in [2.24, 2.45) is 5.92 Å². The largest absolute Gasteiger partial charge is 0.334 e. The molecule has 1 rings (SSSR count). The SMILES string of the molecule is CCN(C(=O)CN(CCC(C)C)C(C)=O)c1ccccc1. The number of benzene rings is 1. The van der Waals surface area contributed by atoms with Gasteiger partial charge in [-0.25, -0.2) is 0 Å². The van der Waals surface area contributed by atoms with Crippen molar-refractivity contribution in [2.75, 3.05) is 24.5 Å². The van der Waals surface area contributed by atoms with E-state index in [9.17, 15) is 9.59 Å². The molecule has 0 spiro atoms. The normalized spacial score (nSPS) is 10.5. The van der Waals surface area contributed by atoms with Gasteiger partial charge in [-0.1, -0.05) is 32.0 Å². The van der Waals surface area contributed by atoms with Gasteiger partial charge in [0.05, 0.1) is 0 Å². The maximum Gasteiger partial charge on any atom is 0.246 e. The van der Waals surface area contributed by atoms with Crippen LogP contribution in [0.25, 0.3) is 0 Å². The van der Waals surface area contributed by atoms with Gasteiger partial charge >= 0.3 is 0 Å². The number of anilines is 1. The van der Waals surface area contributed by atoms with Crippen LogP contribution in [0.5, 0.6) is 0 Å². The first-order chi connectivity index (χ1) is 9.95. The number of para-hydroxylation sites is 1. The van der Waals surface area contributed by atoms with E-state index in [1.165, 1.54) is 6.92 Å². The van der Waals surface area contributed by atoms with E-state index in [2.05, 4.69) is 13.8 Å². The highest BCUT2D eigenvalue weighted by molar-refractivity contribution is 5.96. The molecule has 4 nitrogen and oxygen atoms in total. The fraction of sp³-hybridized carbons (Fsp3) is 0.529. The average molecular weight is 290 g/mol. The lowest BCUT2D eigenvalue weighted by atomic mass is 10.1. The topological polar surface area (TPSA) is 40.6 Å². The Morgan fingerprint density at radius 1 is 1.14 bits per heavy atom. The quantitative estimate of drug-likeness (QED) is 0.774. The maximum atomic E-state index is 12.5. The van der Waals surface area contributed by atoms with Crippen LogP contribution in [0.1, 0.15) is 34.1 Å². The Hall–Kier alpha value is -1.84. The summed E-state index contributed by atoms with van der Waals surface area (Å²) in [5.41, 5.74) is 0.873. The molecule has 0 saturated heterocycles. The van der Waals surface area contributed by atoms with Crippen molar-refractivity contribution in [3.63, 3.8) is 0 Å². The van der Waals surface area contributed by atoms with Gasteiger partial charge in [0, 0.05) is 25.7 Å². The van der Waals surface area contributed by atoms with Crippen molar-refractivity contribution < 1.29 is 9.59 Å². The summed E-state index contributed by atoms with van der Waals surface area (Å²) in [7, 11) is 0. The van der Waals surface area contributed by atoms with Crippen molar-refractivity contribution in [3.05, 3.63) is 30.3 Å². The minimum atomic E-state index is -0.0480. The smallest absolute Gasteiger partial charge is 0.246 e. The molecule has 0 atom stereocenters. The summed E-state index contributed by atoms with van der Waals surface area (Å²) in [4.78, 5) is 27.5. The standard InChI is InChI=1S/C17H26N2O2/c1-5-19(16-9-7-6-8-10-16)17(21)13-18(15(4)20)12-11-14(2)3/h6-10,14H,5,11-13H2,1-4H3. The molecular formula is C17H26N2O2. The predicted octanol–water partition coefficient (Wildman–Crippen LogP) is 2.93. The summed E-state index contributed by atoms with van der Waals surface area (Å²) < 4.78 is 0. The third-order valence-electron chi connectivity index (χ3n) is 3.43. The van der Waals surface area contributed by atoms with Crippen LogP contribution in [0.3, 0.4) is 0 Å². The molecule has 0 unspecified atom stereocenters. The predicted molar refractivity (Wildman–Crippen MR) is 86.2 cm³/mol. The average Bonchev–Trinajstić information content (AvgIpc) is 2.44. The molecule has 0 heterocycles. The summed E-state index contributed by atoms with van der Waals surface area (Å²) in [6, 6.07) is 9.56. The molecule has 0 aliphatic carbocycles. The van der Waals surface area contributed by atoms with E-state index >= 15 is 0 Å². The van der Waals surface area contributed by atoms with Crippen LogP contribution in [0, 0.1) is 5.92 Å². The molecule has 4 heteroatoms. The third-order valence-corrected chi connectivity index (χ3v) is 3.43. The van der Waals surface area contributed by atoms with Crippen LogP contribution < -0.4 is 4.90 Å². The fourth-order valence-electron chi connectivity index (χ4n) is 2.12. The molecule has 116 valence electrons. The van der Waals surface area contributed by atoms with E-state index in [0.29, 0.717) is 19.0 Å². The zero-order chi connectivity index (χ0) is 15.8. The lowest BCUT2D eigenvalue weighted by molar-refractivity contribution is -0.133. The molecular weight excluding hydrogens is 264 g/mol. The van der Waals surface area contributed by atoms with E-state index in [1.54, 1.807) is 9.80 Å². The molecule has 0 aliphatic rings. The van der Waals surface area contributed by atoms with Gasteiger partial charge in [-0.2, -0.15) is 0 Å². The molecule has 0 bridgehead atoms. The molecule has 21 heavy (non-hydrogen) atoms.